The smallest absolute Gasteiger partial charge is 0.123 e. The molecule has 0 saturated heterocycles. The molecule has 0 aliphatic carbocycles. The molecule has 19 heavy (non-hydrogen) atoms. The van der Waals surface area contributed by atoms with Gasteiger partial charge in [-0.1, -0.05) is 18.2 Å². The van der Waals surface area contributed by atoms with Gasteiger partial charge in [-0.15, -0.1) is 0 Å². The Labute approximate surface area is 113 Å². The molecule has 0 radical (unpaired) electrons. The molecular weight excluding hydrogens is 236 g/mol. The molecule has 0 saturated carbocycles. The summed E-state index contributed by atoms with van der Waals surface area (Å²) < 4.78 is 0. The van der Waals surface area contributed by atoms with Crippen LogP contribution in [0.15, 0.2) is 42.6 Å². The Morgan fingerprint density at radius 3 is 2.68 bits per heavy atom. The molecular formula is C15H16N4. The Balaban J connectivity index is 1.99. The molecule has 0 aliphatic heterocycles. The van der Waals surface area contributed by atoms with Crippen LogP contribution >= 0.6 is 0 Å². The van der Waals surface area contributed by atoms with Gasteiger partial charge in [-0.25, -0.2) is 4.98 Å². The predicted octanol–water partition coefficient (Wildman–Crippen LogP) is 2.17. The molecule has 4 heteroatoms. The summed E-state index contributed by atoms with van der Waals surface area (Å²) in [5.41, 5.74) is 8.50. The van der Waals surface area contributed by atoms with Crippen LogP contribution in [0.3, 0.4) is 0 Å². The van der Waals surface area contributed by atoms with Gasteiger partial charge in [0, 0.05) is 19.3 Å². The van der Waals surface area contributed by atoms with Crippen molar-refractivity contribution in [2.75, 3.05) is 12.8 Å². The number of nitriles is 1. The summed E-state index contributed by atoms with van der Waals surface area (Å²) in [6.07, 6.45) is 1.79. The monoisotopic (exact) mass is 252 g/mol. The SMILES string of the molecule is CN(Cc1ccc(N)nc1)Cc1cccc(C#N)c1. The normalized spacial score (nSPS) is 10.4. The van der Waals surface area contributed by atoms with E-state index in [1.807, 2.05) is 37.4 Å². The standard InChI is InChI=1S/C15H16N4/c1-19(11-14-5-6-15(17)18-9-14)10-13-4-2-3-12(7-13)8-16/h2-7,9H,10-11H2,1H3,(H2,17,18). The first-order chi connectivity index (χ1) is 9.17. The van der Waals surface area contributed by atoms with Crippen LogP contribution in [-0.2, 0) is 13.1 Å². The number of benzene rings is 1. The summed E-state index contributed by atoms with van der Waals surface area (Å²) in [7, 11) is 2.04. The highest BCUT2D eigenvalue weighted by molar-refractivity contribution is 5.33. The summed E-state index contributed by atoms with van der Waals surface area (Å²) in [5, 5.41) is 8.87. The van der Waals surface area contributed by atoms with E-state index in [-0.39, 0.29) is 0 Å². The summed E-state index contributed by atoms with van der Waals surface area (Å²) in [4.78, 5) is 6.24. The number of nitrogens with two attached hydrogens (primary N) is 1. The Morgan fingerprint density at radius 1 is 1.21 bits per heavy atom. The van der Waals surface area contributed by atoms with E-state index < -0.39 is 0 Å². The van der Waals surface area contributed by atoms with Crippen LogP contribution in [0.25, 0.3) is 0 Å². The lowest BCUT2D eigenvalue weighted by atomic mass is 10.1. The van der Waals surface area contributed by atoms with Gasteiger partial charge in [0.15, 0.2) is 0 Å². The first-order valence-corrected chi connectivity index (χ1v) is 6.05. The highest BCUT2D eigenvalue weighted by Crippen LogP contribution is 2.10. The molecule has 2 rings (SSSR count). The number of nitrogen functional groups attached to an aromatic ring is 1. The topological polar surface area (TPSA) is 65.9 Å². The number of hydrogen-bond acceptors (Lipinski definition) is 4. The van der Waals surface area contributed by atoms with Gasteiger partial charge in [0.05, 0.1) is 11.6 Å². The van der Waals surface area contributed by atoms with Crippen molar-refractivity contribution in [3.05, 3.63) is 59.3 Å². The fraction of sp³-hybridized carbons (Fsp3) is 0.200. The average Bonchev–Trinajstić information content (AvgIpc) is 2.41. The first kappa shape index (κ1) is 13.1. The average molecular weight is 252 g/mol. The van der Waals surface area contributed by atoms with E-state index in [0.29, 0.717) is 11.4 Å². The second-order valence-electron chi connectivity index (χ2n) is 4.58. The van der Waals surface area contributed by atoms with E-state index in [2.05, 4.69) is 16.0 Å². The summed E-state index contributed by atoms with van der Waals surface area (Å²) in [6, 6.07) is 13.6. The Hall–Kier alpha value is -2.38. The van der Waals surface area contributed by atoms with Gasteiger partial charge in [0.2, 0.25) is 0 Å². The van der Waals surface area contributed by atoms with Gasteiger partial charge in [0.25, 0.3) is 0 Å². The van der Waals surface area contributed by atoms with Gasteiger partial charge in [-0.05, 0) is 36.4 Å². The number of hydrogen-bond donors (Lipinski definition) is 1. The minimum atomic E-state index is 0.535. The van der Waals surface area contributed by atoms with Gasteiger partial charge in [-0.3, -0.25) is 4.90 Å². The molecule has 0 spiro atoms. The quantitative estimate of drug-likeness (QED) is 0.905. The molecule has 0 amide bonds. The number of aromatic nitrogens is 1. The van der Waals surface area contributed by atoms with Crippen molar-refractivity contribution >= 4 is 5.82 Å². The van der Waals surface area contributed by atoms with E-state index >= 15 is 0 Å². The second kappa shape index (κ2) is 5.98. The molecule has 1 heterocycles. The molecule has 4 nitrogen and oxygen atoms in total. The highest BCUT2D eigenvalue weighted by Gasteiger charge is 2.03. The summed E-state index contributed by atoms with van der Waals surface area (Å²) >= 11 is 0. The van der Waals surface area contributed by atoms with Crippen molar-refractivity contribution < 1.29 is 0 Å². The van der Waals surface area contributed by atoms with Crippen molar-refractivity contribution in [2.24, 2.45) is 0 Å². The third-order valence-electron chi connectivity index (χ3n) is 2.81. The number of pyridine rings is 1. The van der Waals surface area contributed by atoms with Crippen molar-refractivity contribution in [1.29, 1.82) is 5.26 Å². The van der Waals surface area contributed by atoms with E-state index in [4.69, 9.17) is 11.0 Å². The van der Waals surface area contributed by atoms with Gasteiger partial charge >= 0.3 is 0 Å². The number of rotatable bonds is 4. The molecule has 2 aromatic rings. The predicted molar refractivity (Wildman–Crippen MR) is 75.0 cm³/mol. The van der Waals surface area contributed by atoms with Gasteiger partial charge in [-0.2, -0.15) is 5.26 Å². The minimum Gasteiger partial charge on any atom is -0.384 e. The first-order valence-electron chi connectivity index (χ1n) is 6.05. The third kappa shape index (κ3) is 3.80. The van der Waals surface area contributed by atoms with Crippen molar-refractivity contribution in [3.63, 3.8) is 0 Å². The van der Waals surface area contributed by atoms with Gasteiger partial charge < -0.3 is 5.73 Å². The Kier molecular flexibility index (Phi) is 4.11. The fourth-order valence-corrected chi connectivity index (χ4v) is 1.95. The maximum atomic E-state index is 8.87. The van der Waals surface area contributed by atoms with Crippen molar-refractivity contribution in [3.8, 4) is 6.07 Å². The molecule has 1 aromatic carbocycles. The zero-order valence-electron chi connectivity index (χ0n) is 10.9. The lowest BCUT2D eigenvalue weighted by Crippen LogP contribution is -2.17. The second-order valence-corrected chi connectivity index (χ2v) is 4.58. The van der Waals surface area contributed by atoms with E-state index in [1.165, 1.54) is 0 Å². The van der Waals surface area contributed by atoms with E-state index in [0.717, 1.165) is 24.2 Å². The number of anilines is 1. The molecule has 1 aromatic heterocycles. The van der Waals surface area contributed by atoms with Crippen LogP contribution < -0.4 is 5.73 Å². The van der Waals surface area contributed by atoms with Crippen LogP contribution in [0, 0.1) is 11.3 Å². The maximum absolute atomic E-state index is 8.87. The van der Waals surface area contributed by atoms with E-state index in [9.17, 15) is 0 Å². The molecule has 96 valence electrons. The Morgan fingerprint density at radius 2 is 2.00 bits per heavy atom. The van der Waals surface area contributed by atoms with E-state index in [1.54, 1.807) is 12.3 Å². The van der Waals surface area contributed by atoms with Crippen LogP contribution in [0.4, 0.5) is 5.82 Å². The molecule has 0 bridgehead atoms. The zero-order valence-corrected chi connectivity index (χ0v) is 10.9. The molecule has 0 unspecified atom stereocenters. The third-order valence-corrected chi connectivity index (χ3v) is 2.81. The lowest BCUT2D eigenvalue weighted by molar-refractivity contribution is 0.318. The van der Waals surface area contributed by atoms with Crippen LogP contribution in [0.5, 0.6) is 0 Å². The van der Waals surface area contributed by atoms with Crippen molar-refractivity contribution in [2.45, 2.75) is 13.1 Å². The fourth-order valence-electron chi connectivity index (χ4n) is 1.95. The minimum absolute atomic E-state index is 0.535. The summed E-state index contributed by atoms with van der Waals surface area (Å²) in [5.74, 6) is 0.535. The Bertz CT molecular complexity index is 584. The van der Waals surface area contributed by atoms with Crippen LogP contribution in [0.2, 0.25) is 0 Å². The molecule has 0 aliphatic rings. The summed E-state index contributed by atoms with van der Waals surface area (Å²) in [6.45, 7) is 1.59. The molecule has 2 N–H and O–H groups in total. The lowest BCUT2D eigenvalue weighted by Gasteiger charge is -2.16. The van der Waals surface area contributed by atoms with Gasteiger partial charge in [0.1, 0.15) is 5.82 Å². The van der Waals surface area contributed by atoms with Crippen LogP contribution in [-0.4, -0.2) is 16.9 Å². The molecule has 0 atom stereocenters. The molecule has 0 fully saturated rings. The van der Waals surface area contributed by atoms with Crippen LogP contribution in [0.1, 0.15) is 16.7 Å². The zero-order chi connectivity index (χ0) is 13.7. The maximum Gasteiger partial charge on any atom is 0.123 e. The number of nitrogens with zero attached hydrogens (tertiary/aromatic N) is 3. The largest absolute Gasteiger partial charge is 0.384 e. The van der Waals surface area contributed by atoms with Crippen molar-refractivity contribution in [1.82, 2.24) is 9.88 Å². The highest BCUT2D eigenvalue weighted by atomic mass is 15.1.